The lowest BCUT2D eigenvalue weighted by Crippen LogP contribution is -2.63. The molecule has 0 aromatic carbocycles. The second kappa shape index (κ2) is 27.6. The van der Waals surface area contributed by atoms with Gasteiger partial charge in [0.15, 0.2) is 0 Å². The van der Waals surface area contributed by atoms with Gasteiger partial charge in [-0.05, 0) is 77.2 Å². The third kappa shape index (κ3) is 20.1. The van der Waals surface area contributed by atoms with Gasteiger partial charge in [0.25, 0.3) is 0 Å². The minimum Gasteiger partial charge on any atom is -0.481 e. The zero-order valence-electron chi connectivity index (χ0n) is 36.6. The monoisotopic (exact) mass is 901 g/mol. The first-order valence-electron chi connectivity index (χ1n) is 21.0. The van der Waals surface area contributed by atoms with Crippen LogP contribution in [-0.4, -0.2) is 158 Å². The number of carbonyl (C=O) groups is 10. The maximum atomic E-state index is 13.9. The molecule has 0 spiro atoms. The van der Waals surface area contributed by atoms with Crippen LogP contribution in [0, 0.1) is 11.8 Å². The average molecular weight is 902 g/mol. The molecule has 0 aromatic rings. The summed E-state index contributed by atoms with van der Waals surface area (Å²) in [4.78, 5) is 133. The molecule has 1 saturated heterocycles. The van der Waals surface area contributed by atoms with Crippen LogP contribution in [0.5, 0.6) is 0 Å². The van der Waals surface area contributed by atoms with Gasteiger partial charge >= 0.3 is 11.9 Å². The van der Waals surface area contributed by atoms with Gasteiger partial charge in [0.2, 0.25) is 47.3 Å². The van der Waals surface area contributed by atoms with Crippen LogP contribution < -0.4 is 48.3 Å². The van der Waals surface area contributed by atoms with Crippen LogP contribution in [0.4, 0.5) is 0 Å². The van der Waals surface area contributed by atoms with Gasteiger partial charge in [-0.3, -0.25) is 47.9 Å². The molecule has 0 saturated carbocycles. The van der Waals surface area contributed by atoms with E-state index in [0.717, 1.165) is 13.8 Å². The molecule has 0 aromatic heterocycles. The van der Waals surface area contributed by atoms with E-state index in [1.807, 2.05) is 0 Å². The largest absolute Gasteiger partial charge is 0.481 e. The smallest absolute Gasteiger partial charge is 0.303 e. The Morgan fingerprint density at radius 3 is 1.11 bits per heavy atom. The normalized spacial score (nSPS) is 26.4. The van der Waals surface area contributed by atoms with Gasteiger partial charge in [-0.2, -0.15) is 0 Å². The molecule has 2 unspecified atom stereocenters. The zero-order chi connectivity index (χ0) is 48.1. The Morgan fingerprint density at radius 2 is 0.778 bits per heavy atom. The summed E-state index contributed by atoms with van der Waals surface area (Å²) in [6.45, 7) is 8.33. The van der Waals surface area contributed by atoms with Crippen molar-refractivity contribution in [1.29, 1.82) is 0 Å². The van der Waals surface area contributed by atoms with E-state index in [-0.39, 0.29) is 37.6 Å². The molecule has 358 valence electrons. The quantitative estimate of drug-likeness (QED) is 0.0613. The van der Waals surface area contributed by atoms with Crippen molar-refractivity contribution >= 4 is 59.2 Å². The molecule has 8 amide bonds. The Hall–Kier alpha value is -5.46. The van der Waals surface area contributed by atoms with Gasteiger partial charge in [0, 0.05) is 12.8 Å². The average Bonchev–Trinajstić information content (AvgIpc) is 3.18. The number of aliphatic hydroxyl groups is 3. The lowest BCUT2D eigenvalue weighted by Gasteiger charge is -2.30. The van der Waals surface area contributed by atoms with E-state index in [2.05, 4.69) is 42.5 Å². The second-order valence-corrected chi connectivity index (χ2v) is 16.4. The molecule has 0 bridgehead atoms. The highest BCUT2D eigenvalue weighted by Gasteiger charge is 2.38. The number of hydrogen-bond donors (Lipinski definition) is 14. The fraction of sp³-hybridized carbons (Fsp3) is 0.744. The molecule has 63 heavy (non-hydrogen) atoms. The van der Waals surface area contributed by atoms with Gasteiger partial charge in [-0.15, -0.1) is 0 Å². The van der Waals surface area contributed by atoms with Gasteiger partial charge in [0.1, 0.15) is 48.3 Å². The van der Waals surface area contributed by atoms with Crippen LogP contribution in [0.2, 0.25) is 0 Å². The number of amides is 8. The van der Waals surface area contributed by atoms with Crippen LogP contribution in [-0.2, 0) is 47.9 Å². The fourth-order valence-corrected chi connectivity index (χ4v) is 6.37. The first-order valence-corrected chi connectivity index (χ1v) is 21.0. The van der Waals surface area contributed by atoms with Crippen LogP contribution in [0.15, 0.2) is 0 Å². The molecule has 1 heterocycles. The predicted molar refractivity (Wildman–Crippen MR) is 221 cm³/mol. The van der Waals surface area contributed by atoms with Crippen molar-refractivity contribution in [2.45, 2.75) is 160 Å². The number of nitrogens with one attached hydrogen (secondary N) is 8. The summed E-state index contributed by atoms with van der Waals surface area (Å²) in [5, 5.41) is 69.0. The summed E-state index contributed by atoms with van der Waals surface area (Å²) < 4.78 is 0. The molecule has 1 aliphatic heterocycles. The van der Waals surface area contributed by atoms with Gasteiger partial charge in [0.05, 0.1) is 18.8 Å². The molecule has 0 aliphatic carbocycles. The maximum absolute atomic E-state index is 13.9. The molecule has 1 fully saturated rings. The lowest BCUT2D eigenvalue weighted by molar-refractivity contribution is -0.140. The molecule has 10 atom stereocenters. The summed E-state index contributed by atoms with van der Waals surface area (Å²) >= 11 is 0. The first-order chi connectivity index (χ1) is 29.4. The van der Waals surface area contributed by atoms with E-state index in [9.17, 15) is 73.5 Å². The Bertz CT molecular complexity index is 1610. The second-order valence-electron chi connectivity index (χ2n) is 16.4. The Kier molecular flexibility index (Phi) is 24.3. The van der Waals surface area contributed by atoms with Crippen molar-refractivity contribution in [3.63, 3.8) is 0 Å². The molecule has 24 nitrogen and oxygen atoms in total. The Balaban J connectivity index is 3.97. The minimum absolute atomic E-state index is 0.00643. The van der Waals surface area contributed by atoms with E-state index < -0.39 is 152 Å². The summed E-state index contributed by atoms with van der Waals surface area (Å²) in [5.74, 6) is -11.9. The predicted octanol–water partition coefficient (Wildman–Crippen LogP) is -4.42. The Morgan fingerprint density at radius 1 is 0.476 bits per heavy atom. The van der Waals surface area contributed by atoms with Crippen LogP contribution >= 0.6 is 0 Å². The molecular formula is C39H67N9O15. The number of carbonyl (C=O) groups excluding carboxylic acids is 8. The highest BCUT2D eigenvalue weighted by Crippen LogP contribution is 2.12. The minimum atomic E-state index is -1.94. The third-order valence-corrected chi connectivity index (χ3v) is 9.76. The highest BCUT2D eigenvalue weighted by atomic mass is 16.4. The fourth-order valence-electron chi connectivity index (χ4n) is 6.37. The molecule has 0 radical (unpaired) electrons. The number of aliphatic hydroxyl groups excluding tert-OH is 3. The molecule has 15 N–H and O–H groups in total. The van der Waals surface area contributed by atoms with Crippen molar-refractivity contribution < 1.29 is 73.5 Å². The van der Waals surface area contributed by atoms with Crippen molar-refractivity contribution in [2.75, 3.05) is 13.2 Å². The highest BCUT2D eigenvalue weighted by molar-refractivity contribution is 5.99. The summed E-state index contributed by atoms with van der Waals surface area (Å²) in [5.41, 5.74) is 5.66. The van der Waals surface area contributed by atoms with Crippen molar-refractivity contribution in [3.05, 3.63) is 0 Å². The van der Waals surface area contributed by atoms with E-state index in [0.29, 0.717) is 12.8 Å². The van der Waals surface area contributed by atoms with Gasteiger partial charge in [-0.25, -0.2) is 0 Å². The van der Waals surface area contributed by atoms with Crippen LogP contribution in [0.25, 0.3) is 0 Å². The number of rotatable bonds is 17. The van der Waals surface area contributed by atoms with Crippen molar-refractivity contribution in [2.24, 2.45) is 17.6 Å². The number of hydrogen-bond acceptors (Lipinski definition) is 14. The topological polar surface area (TPSA) is 394 Å². The number of nitrogens with two attached hydrogens (primary N) is 1. The molecule has 1 rings (SSSR count). The number of unbranched alkanes of at least 4 members (excludes halogenated alkanes) is 1. The number of aliphatic carboxylic acids is 2. The lowest BCUT2D eigenvalue weighted by atomic mass is 9.99. The number of carboxylic acids is 2. The van der Waals surface area contributed by atoms with E-state index >= 15 is 0 Å². The zero-order valence-corrected chi connectivity index (χ0v) is 36.6. The van der Waals surface area contributed by atoms with E-state index in [1.54, 1.807) is 27.7 Å². The van der Waals surface area contributed by atoms with Crippen LogP contribution in [0.1, 0.15) is 99.3 Å². The van der Waals surface area contributed by atoms with Gasteiger partial charge < -0.3 is 73.8 Å². The molecule has 1 aliphatic rings. The SMILES string of the molecule is CC(C)C[C@@H]1NC(=O)[C@@H](CC(C)C)NC(=O)[C@H](CCCCN)NC(=O)[C@H](C(C)O)NC(=O)[C@H](CCC(=O)O)NC(=O)[C@H](C(C)O)NC(=O)[C@H](CCC(=O)O)NC(=O)[C@H](CO)NC1=O. The van der Waals surface area contributed by atoms with Crippen molar-refractivity contribution in [3.8, 4) is 0 Å². The molecule has 24 heteroatoms. The summed E-state index contributed by atoms with van der Waals surface area (Å²) in [7, 11) is 0. The standard InChI is InChI=1S/C39H67N9O15/c1-18(2)15-25-35(59)45-26(16-19(3)4)36(60)46-27(17-49)37(61)41-23(10-12-28(52)53)33(57)47-31(21(6)51)39(63)43-24(11-13-29(54)55)34(58)48-30(20(5)50)38(62)42-22(32(56)44-25)9-7-8-14-40/h18-27,30-31,49-51H,7-17,40H2,1-6H3,(H,41,61)(H,42,62)(H,43,63)(H,44,56)(H,45,59)(H,46,60)(H,47,57)(H,48,58)(H,52,53)(H,54,55)/t20?,21?,22-,23-,24-,25+,26-,27-,30-,31-/m0/s1. The van der Waals surface area contributed by atoms with Crippen LogP contribution in [0.3, 0.4) is 0 Å². The molecular weight excluding hydrogens is 834 g/mol. The third-order valence-electron chi connectivity index (χ3n) is 9.76. The summed E-state index contributed by atoms with van der Waals surface area (Å²) in [6, 6.07) is -13.2. The maximum Gasteiger partial charge on any atom is 0.303 e. The number of carboxylic acid groups (broad SMARTS) is 2. The first kappa shape index (κ1) is 55.6. The Labute approximate surface area is 365 Å². The summed E-state index contributed by atoms with van der Waals surface area (Å²) in [6.07, 6.45) is -5.39. The van der Waals surface area contributed by atoms with E-state index in [1.165, 1.54) is 0 Å². The van der Waals surface area contributed by atoms with Crippen molar-refractivity contribution in [1.82, 2.24) is 42.5 Å². The van der Waals surface area contributed by atoms with E-state index in [4.69, 9.17) is 5.73 Å². The van der Waals surface area contributed by atoms with Gasteiger partial charge in [-0.1, -0.05) is 27.7 Å².